The largest absolute Gasteiger partial charge is 0.390 e. The van der Waals surface area contributed by atoms with E-state index in [4.69, 9.17) is 5.11 Å². The van der Waals surface area contributed by atoms with Gasteiger partial charge in [0.15, 0.2) is 5.82 Å². The van der Waals surface area contributed by atoms with Crippen LogP contribution in [0.25, 0.3) is 11.4 Å². The summed E-state index contributed by atoms with van der Waals surface area (Å²) < 4.78 is 12.3. The highest BCUT2D eigenvalue weighted by Crippen LogP contribution is 2.38. The van der Waals surface area contributed by atoms with Gasteiger partial charge in [-0.3, -0.25) is 0 Å². The summed E-state index contributed by atoms with van der Waals surface area (Å²) in [5.41, 5.74) is 1.32. The fourth-order valence-corrected chi connectivity index (χ4v) is 2.95. The Kier molecular flexibility index (Phi) is 3.60. The topological polar surface area (TPSA) is 63.1 Å². The number of hydrogen-bond acceptors (Lipinski definition) is 4. The molecule has 0 unspecified atom stereocenters. The highest BCUT2D eigenvalue weighted by molar-refractivity contribution is 7.70. The average molecular weight is 262 g/mol. The number of aliphatic hydroxyl groups is 1. The normalized spacial score (nSPS) is 11.5. The van der Waals surface area contributed by atoms with Gasteiger partial charge in [0.05, 0.1) is 12.3 Å². The van der Waals surface area contributed by atoms with Crippen LogP contribution in [0.4, 0.5) is 0 Å². The molecule has 0 aliphatic carbocycles. The molecular weight excluding hydrogens is 247 g/mol. The minimum Gasteiger partial charge on any atom is -0.390 e. The van der Waals surface area contributed by atoms with E-state index >= 15 is 0 Å². The second-order valence-corrected chi connectivity index (χ2v) is 7.58. The summed E-state index contributed by atoms with van der Waals surface area (Å²) in [6.07, 6.45) is 1.60. The Hall–Kier alpha value is -1.51. The summed E-state index contributed by atoms with van der Waals surface area (Å²) in [6.45, 7) is 3.32. The average Bonchev–Trinajstić information content (AvgIpc) is 2.38. The van der Waals surface area contributed by atoms with E-state index in [2.05, 4.69) is 9.97 Å². The molecule has 2 aromatic rings. The highest BCUT2D eigenvalue weighted by atomic mass is 31.2. The van der Waals surface area contributed by atoms with Gasteiger partial charge >= 0.3 is 0 Å². The van der Waals surface area contributed by atoms with E-state index in [0.717, 1.165) is 10.9 Å². The van der Waals surface area contributed by atoms with E-state index in [1.165, 1.54) is 0 Å². The van der Waals surface area contributed by atoms with Crippen molar-refractivity contribution >= 4 is 12.4 Å². The van der Waals surface area contributed by atoms with Crippen LogP contribution < -0.4 is 5.30 Å². The molecule has 0 aliphatic heterocycles. The lowest BCUT2D eigenvalue weighted by atomic mass is 10.2. The number of rotatable bonds is 3. The summed E-state index contributed by atoms with van der Waals surface area (Å²) in [5, 5.41) is 9.86. The Morgan fingerprint density at radius 3 is 2.61 bits per heavy atom. The van der Waals surface area contributed by atoms with Gasteiger partial charge in [-0.15, -0.1) is 0 Å². The Balaban J connectivity index is 2.60. The molecule has 0 aliphatic rings. The predicted octanol–water partition coefficient (Wildman–Crippen LogP) is 1.88. The lowest BCUT2D eigenvalue weighted by Crippen LogP contribution is -2.09. The molecule has 0 radical (unpaired) electrons. The Bertz CT molecular complexity index is 607. The molecule has 1 heterocycles. The lowest BCUT2D eigenvalue weighted by Gasteiger charge is -2.12. The fourth-order valence-electron chi connectivity index (χ4n) is 1.75. The van der Waals surface area contributed by atoms with Crippen molar-refractivity contribution < 1.29 is 9.67 Å². The van der Waals surface area contributed by atoms with Gasteiger partial charge in [-0.05, 0) is 19.4 Å². The number of aliphatic hydroxyl groups excluding tert-OH is 1. The quantitative estimate of drug-likeness (QED) is 0.858. The molecule has 94 valence electrons. The molecule has 0 fully saturated rings. The molecule has 0 spiro atoms. The van der Waals surface area contributed by atoms with Gasteiger partial charge in [0.25, 0.3) is 0 Å². The highest BCUT2D eigenvalue weighted by Gasteiger charge is 2.17. The van der Waals surface area contributed by atoms with Gasteiger partial charge in [0.1, 0.15) is 7.14 Å². The summed E-state index contributed by atoms with van der Waals surface area (Å²) >= 11 is 0. The van der Waals surface area contributed by atoms with Gasteiger partial charge in [-0.2, -0.15) is 0 Å². The molecule has 0 saturated carbocycles. The third-order valence-electron chi connectivity index (χ3n) is 2.60. The molecule has 1 aromatic heterocycles. The standard InChI is InChI=1S/C13H15N2O2P/c1-18(2,17)12-6-4-3-5-11(12)13-14-8-7-10(9-16)15-13/h3-8,16H,9H2,1-2H3. The molecule has 4 nitrogen and oxygen atoms in total. The van der Waals surface area contributed by atoms with Crippen LogP contribution >= 0.6 is 7.14 Å². The van der Waals surface area contributed by atoms with Crippen molar-refractivity contribution in [3.63, 3.8) is 0 Å². The minimum absolute atomic E-state index is 0.131. The second kappa shape index (κ2) is 5.01. The van der Waals surface area contributed by atoms with E-state index in [1.54, 1.807) is 25.6 Å². The zero-order chi connectivity index (χ0) is 13.2. The van der Waals surface area contributed by atoms with Gasteiger partial charge in [-0.25, -0.2) is 9.97 Å². The number of nitrogens with zero attached hydrogens (tertiary/aromatic N) is 2. The summed E-state index contributed by atoms with van der Waals surface area (Å²) in [4.78, 5) is 8.44. The first-order valence-electron chi connectivity index (χ1n) is 5.60. The minimum atomic E-state index is -2.39. The first-order chi connectivity index (χ1) is 8.52. The summed E-state index contributed by atoms with van der Waals surface area (Å²) in [6, 6.07) is 9.07. The van der Waals surface area contributed by atoms with E-state index in [0.29, 0.717) is 11.5 Å². The van der Waals surface area contributed by atoms with Crippen molar-refractivity contribution in [2.24, 2.45) is 0 Å². The monoisotopic (exact) mass is 262 g/mol. The molecular formula is C13H15N2O2P. The fraction of sp³-hybridized carbons (Fsp3) is 0.231. The SMILES string of the molecule is CP(C)(=O)c1ccccc1-c1nccc(CO)n1. The molecule has 0 atom stereocenters. The van der Waals surface area contributed by atoms with E-state index in [1.807, 2.05) is 24.3 Å². The van der Waals surface area contributed by atoms with Crippen molar-refractivity contribution in [2.45, 2.75) is 6.61 Å². The molecule has 1 aromatic carbocycles. The lowest BCUT2D eigenvalue weighted by molar-refractivity contribution is 0.277. The molecule has 0 amide bonds. The van der Waals surface area contributed by atoms with E-state index in [-0.39, 0.29) is 6.61 Å². The van der Waals surface area contributed by atoms with Crippen molar-refractivity contribution in [2.75, 3.05) is 13.3 Å². The van der Waals surface area contributed by atoms with E-state index < -0.39 is 7.14 Å². The van der Waals surface area contributed by atoms with Crippen LogP contribution in [-0.4, -0.2) is 28.4 Å². The van der Waals surface area contributed by atoms with Crippen LogP contribution in [0.5, 0.6) is 0 Å². The first-order valence-corrected chi connectivity index (χ1v) is 8.20. The molecule has 0 saturated heterocycles. The molecule has 5 heteroatoms. The van der Waals surface area contributed by atoms with Gasteiger partial charge in [0, 0.05) is 17.1 Å². The van der Waals surface area contributed by atoms with Crippen LogP contribution in [0.15, 0.2) is 36.5 Å². The zero-order valence-electron chi connectivity index (χ0n) is 10.4. The summed E-state index contributed by atoms with van der Waals surface area (Å²) in [5.74, 6) is 0.501. The Labute approximate surface area is 106 Å². The number of hydrogen-bond donors (Lipinski definition) is 1. The molecule has 0 bridgehead atoms. The Morgan fingerprint density at radius 2 is 1.94 bits per heavy atom. The zero-order valence-corrected chi connectivity index (χ0v) is 11.3. The number of aromatic nitrogens is 2. The summed E-state index contributed by atoms with van der Waals surface area (Å²) in [7, 11) is -2.39. The first kappa shape index (κ1) is 12.9. The second-order valence-electron chi connectivity index (χ2n) is 4.40. The van der Waals surface area contributed by atoms with Crippen LogP contribution in [-0.2, 0) is 11.2 Å². The van der Waals surface area contributed by atoms with Crippen molar-refractivity contribution in [3.8, 4) is 11.4 Å². The predicted molar refractivity (Wildman–Crippen MR) is 72.5 cm³/mol. The molecule has 2 rings (SSSR count). The molecule has 1 N–H and O–H groups in total. The smallest absolute Gasteiger partial charge is 0.160 e. The maximum atomic E-state index is 12.3. The maximum absolute atomic E-state index is 12.3. The van der Waals surface area contributed by atoms with E-state index in [9.17, 15) is 4.57 Å². The molecule has 18 heavy (non-hydrogen) atoms. The van der Waals surface area contributed by atoms with Gasteiger partial charge in [-0.1, -0.05) is 24.3 Å². The third kappa shape index (κ3) is 2.66. The third-order valence-corrected chi connectivity index (χ3v) is 4.15. The van der Waals surface area contributed by atoms with Gasteiger partial charge < -0.3 is 9.67 Å². The van der Waals surface area contributed by atoms with Crippen molar-refractivity contribution in [1.82, 2.24) is 9.97 Å². The Morgan fingerprint density at radius 1 is 1.22 bits per heavy atom. The van der Waals surface area contributed by atoms with Crippen LogP contribution in [0.3, 0.4) is 0 Å². The maximum Gasteiger partial charge on any atom is 0.160 e. The van der Waals surface area contributed by atoms with Crippen LogP contribution in [0, 0.1) is 0 Å². The van der Waals surface area contributed by atoms with Gasteiger partial charge in [0.2, 0.25) is 0 Å². The van der Waals surface area contributed by atoms with Crippen LogP contribution in [0.1, 0.15) is 5.69 Å². The van der Waals surface area contributed by atoms with Crippen molar-refractivity contribution in [1.29, 1.82) is 0 Å². The number of benzene rings is 1. The van der Waals surface area contributed by atoms with Crippen LogP contribution in [0.2, 0.25) is 0 Å². The van der Waals surface area contributed by atoms with Crippen molar-refractivity contribution in [3.05, 3.63) is 42.2 Å².